The Balaban J connectivity index is 1.38. The van der Waals surface area contributed by atoms with Gasteiger partial charge in [0.1, 0.15) is 29.4 Å². The molecule has 0 radical (unpaired) electrons. The summed E-state index contributed by atoms with van der Waals surface area (Å²) in [6, 6.07) is 68.7. The normalized spacial score (nSPS) is 15.0. The summed E-state index contributed by atoms with van der Waals surface area (Å²) < 4.78 is 11.6. The molecule has 1 amide bonds. The zero-order valence-electron chi connectivity index (χ0n) is 37.4. The molecule has 0 aliphatic carbocycles. The zero-order valence-corrected chi connectivity index (χ0v) is 39.1. The van der Waals surface area contributed by atoms with Crippen molar-refractivity contribution < 1.29 is 28.8 Å². The highest BCUT2D eigenvalue weighted by molar-refractivity contribution is 8.01. The average molecular weight is 948 g/mol. The lowest BCUT2D eigenvalue weighted by Crippen LogP contribution is -2.67. The maximum atomic E-state index is 16.2. The van der Waals surface area contributed by atoms with E-state index in [2.05, 4.69) is 41.4 Å². The Morgan fingerprint density at radius 1 is 0.652 bits per heavy atom. The van der Waals surface area contributed by atoms with Crippen LogP contribution in [0.4, 0.5) is 5.69 Å². The van der Waals surface area contributed by atoms with Crippen LogP contribution >= 0.6 is 18.6 Å². The van der Waals surface area contributed by atoms with Gasteiger partial charge in [-0.1, -0.05) is 182 Å². The highest BCUT2D eigenvalue weighted by Crippen LogP contribution is 2.59. The lowest BCUT2D eigenvalue weighted by molar-refractivity contribution is -0.384. The number of thioether (sulfide) groups is 1. The molecule has 8 aromatic rings. The number of hydrogen-bond acceptors (Lipinski definition) is 9. The van der Waals surface area contributed by atoms with Crippen molar-refractivity contribution in [3.8, 4) is 0 Å². The molecule has 1 saturated heterocycles. The number of rotatable bonds is 16. The predicted molar refractivity (Wildman–Crippen MR) is 273 cm³/mol. The summed E-state index contributed by atoms with van der Waals surface area (Å²) in [6.07, 6.45) is 2.10. The fraction of sp³-hybridized carbons (Fsp3) is 0.105. The zero-order chi connectivity index (χ0) is 47.8. The van der Waals surface area contributed by atoms with Gasteiger partial charge >= 0.3 is 11.9 Å². The lowest BCUT2D eigenvalue weighted by atomic mass is 9.84. The minimum atomic E-state index is -3.47. The number of nitrogens with zero attached hydrogens (tertiary/aromatic N) is 3. The molecule has 1 aliphatic rings. The van der Waals surface area contributed by atoms with E-state index in [0.29, 0.717) is 11.1 Å². The smallest absolute Gasteiger partial charge is 0.356 e. The van der Waals surface area contributed by atoms with Crippen LogP contribution in [0.5, 0.6) is 0 Å². The predicted octanol–water partition coefficient (Wildman–Crippen LogP) is 9.97. The monoisotopic (exact) mass is 947 g/mol. The van der Waals surface area contributed by atoms with Crippen LogP contribution in [0.1, 0.15) is 40.8 Å². The Morgan fingerprint density at radius 3 is 1.48 bits per heavy atom. The second-order valence-corrected chi connectivity index (χ2v) is 21.0. The maximum absolute atomic E-state index is 16.2. The second kappa shape index (κ2) is 20.6. The third-order valence-electron chi connectivity index (χ3n) is 12.3. The van der Waals surface area contributed by atoms with Crippen LogP contribution in [0.25, 0.3) is 0 Å². The first-order chi connectivity index (χ1) is 33.7. The number of β-lactam (4-membered cyclic amide) rings is 1. The number of carbonyl (C=O) groups excluding carboxylic acids is 3. The molecule has 0 spiro atoms. The first-order valence-electron chi connectivity index (χ1n) is 22.3. The summed E-state index contributed by atoms with van der Waals surface area (Å²) >= 11 is 1.50. The fourth-order valence-electron chi connectivity index (χ4n) is 9.19. The van der Waals surface area contributed by atoms with Gasteiger partial charge in [0.15, 0.2) is 0 Å². The number of hydrogen-bond donors (Lipinski definition) is 0. The summed E-state index contributed by atoms with van der Waals surface area (Å²) in [5, 5.41) is 13.0. The van der Waals surface area contributed by atoms with Gasteiger partial charge in [-0.05, 0) is 68.0 Å². The van der Waals surface area contributed by atoms with Gasteiger partial charge < -0.3 is 9.47 Å². The van der Waals surface area contributed by atoms with Crippen molar-refractivity contribution in [2.45, 2.75) is 29.8 Å². The molecule has 3 atom stereocenters. The van der Waals surface area contributed by atoms with Crippen LogP contribution in [0, 0.1) is 16.0 Å². The molecule has 12 heteroatoms. The van der Waals surface area contributed by atoms with Crippen molar-refractivity contribution in [2.24, 2.45) is 5.92 Å². The molecule has 10 nitrogen and oxygen atoms in total. The highest BCUT2D eigenvalue weighted by atomic mass is 32.2. The highest BCUT2D eigenvalue weighted by Gasteiger charge is 2.60. The molecule has 0 bridgehead atoms. The quantitative estimate of drug-likeness (QED) is 0.0232. The second-order valence-electron chi connectivity index (χ2n) is 16.3. The van der Waals surface area contributed by atoms with Gasteiger partial charge in [0.05, 0.1) is 9.67 Å². The number of pyridine rings is 1. The molecule has 2 heterocycles. The molecule has 3 unspecified atom stereocenters. The molecule has 69 heavy (non-hydrogen) atoms. The number of ether oxygens (including phenoxy) is 2. The number of benzene rings is 7. The minimum Gasteiger partial charge on any atom is -0.457 e. The van der Waals surface area contributed by atoms with E-state index in [4.69, 9.17) is 9.47 Å². The van der Waals surface area contributed by atoms with Crippen LogP contribution in [0.15, 0.2) is 231 Å². The summed E-state index contributed by atoms with van der Waals surface area (Å²) in [7, 11) is 0. The SMILES string of the molecule is CC(=O)OC(c1ccncc1)C1C(=O)N(C(C(=O)OCc2ccc([N+](=O)[O-])cc2)=P(c2ccccc2)(c2ccccc2)c2ccccc2)C1SC(c1ccccc1)(c1ccccc1)c1ccccc1. The van der Waals surface area contributed by atoms with Gasteiger partial charge in [-0.3, -0.25) is 29.6 Å². The summed E-state index contributed by atoms with van der Waals surface area (Å²) in [5.74, 6) is -2.83. The van der Waals surface area contributed by atoms with Crippen molar-refractivity contribution in [3.63, 3.8) is 0 Å². The lowest BCUT2D eigenvalue weighted by Gasteiger charge is -2.54. The number of esters is 2. The number of non-ortho nitro benzene ring substituents is 1. The van der Waals surface area contributed by atoms with E-state index in [0.717, 1.165) is 32.6 Å². The van der Waals surface area contributed by atoms with Crippen LogP contribution in [0.3, 0.4) is 0 Å². The Hall–Kier alpha value is -7.85. The van der Waals surface area contributed by atoms with Gasteiger partial charge in [0, 0.05) is 38.3 Å². The number of amides is 1. The van der Waals surface area contributed by atoms with Gasteiger partial charge in [-0.15, -0.1) is 11.8 Å². The van der Waals surface area contributed by atoms with Gasteiger partial charge in [-0.2, -0.15) is 0 Å². The van der Waals surface area contributed by atoms with Gasteiger partial charge in [0.25, 0.3) is 5.69 Å². The summed E-state index contributed by atoms with van der Waals surface area (Å²) in [6.45, 7) is -2.40. The topological polar surface area (TPSA) is 129 Å². The van der Waals surface area contributed by atoms with Crippen LogP contribution < -0.4 is 15.9 Å². The van der Waals surface area contributed by atoms with Crippen molar-refractivity contribution in [1.82, 2.24) is 9.88 Å². The Morgan fingerprint density at radius 2 is 1.07 bits per heavy atom. The van der Waals surface area contributed by atoms with Gasteiger partial charge in [-0.25, -0.2) is 4.79 Å². The van der Waals surface area contributed by atoms with Gasteiger partial charge in [0.2, 0.25) is 5.91 Å². The number of carbonyl (C=O) groups is 3. The number of aromatic nitrogens is 1. The third kappa shape index (κ3) is 9.02. The van der Waals surface area contributed by atoms with Crippen molar-refractivity contribution in [2.75, 3.05) is 0 Å². The molecule has 342 valence electrons. The molecule has 1 aliphatic heterocycles. The molecule has 1 aromatic heterocycles. The van der Waals surface area contributed by atoms with Crippen LogP contribution in [0.2, 0.25) is 0 Å². The van der Waals surface area contributed by atoms with E-state index in [1.165, 1.54) is 30.8 Å². The van der Waals surface area contributed by atoms with Crippen LogP contribution in [-0.4, -0.2) is 43.4 Å². The molecule has 1 fully saturated rings. The molecule has 0 saturated carbocycles. The first kappa shape index (κ1) is 46.3. The largest absolute Gasteiger partial charge is 0.457 e. The van der Waals surface area contributed by atoms with E-state index >= 15 is 9.59 Å². The van der Waals surface area contributed by atoms with E-state index in [1.807, 2.05) is 146 Å². The van der Waals surface area contributed by atoms with E-state index in [-0.39, 0.29) is 17.7 Å². The average Bonchev–Trinajstić information content (AvgIpc) is 3.40. The molecule has 0 N–H and O–H groups in total. The van der Waals surface area contributed by atoms with Crippen molar-refractivity contribution >= 4 is 63.5 Å². The van der Waals surface area contributed by atoms with Crippen LogP contribution in [-0.2, 0) is 35.2 Å². The number of likely N-dealkylation sites (tertiary alicyclic amines) is 1. The summed E-state index contributed by atoms with van der Waals surface area (Å²) in [5.41, 5.74) is 3.82. The number of nitro benzene ring substituents is 1. The van der Waals surface area contributed by atoms with Crippen molar-refractivity contribution in [3.05, 3.63) is 269 Å². The Bertz CT molecular complexity index is 2920. The third-order valence-corrected chi connectivity index (χ3v) is 18.3. The molecule has 9 rings (SSSR count). The first-order valence-corrected chi connectivity index (χ1v) is 25.0. The number of nitro groups is 1. The molecule has 7 aromatic carbocycles. The fourth-order valence-corrected chi connectivity index (χ4v) is 15.5. The minimum absolute atomic E-state index is 0.105. The summed E-state index contributed by atoms with van der Waals surface area (Å²) in [4.78, 5) is 62.5. The molecular weight excluding hydrogens is 902 g/mol. The Kier molecular flexibility index (Phi) is 13.8. The molecular formula is C57H46N3O7PS. The van der Waals surface area contributed by atoms with E-state index in [1.54, 1.807) is 41.6 Å². The van der Waals surface area contributed by atoms with Crippen molar-refractivity contribution in [1.29, 1.82) is 0 Å². The van der Waals surface area contributed by atoms with E-state index < -0.39 is 51.8 Å². The standard InChI is InChI=1S/C57H46N3O7PS/c1-41(61)67-52(43-36-38-58-39-37-43)51-53(62)59(55(51)69-57(44-20-8-2-9-21-44,45-22-10-3-11-23-45)46-24-12-4-13-25-46)54(56(63)66-40-42-32-34-47(35-33-42)60(64)65)68(48-26-14-5-15-27-48,49-28-16-6-17-29-49)50-30-18-7-19-31-50/h2-39,51-52,55H,40H2,1H3. The Labute approximate surface area is 404 Å². The maximum Gasteiger partial charge on any atom is 0.356 e. The van der Waals surface area contributed by atoms with E-state index in [9.17, 15) is 14.9 Å².